The predicted molar refractivity (Wildman–Crippen MR) is 75.7 cm³/mol. The van der Waals surface area contributed by atoms with Gasteiger partial charge >= 0.3 is 0 Å². The summed E-state index contributed by atoms with van der Waals surface area (Å²) in [6.07, 6.45) is 0.240. The Morgan fingerprint density at radius 3 is 2.71 bits per heavy atom. The number of aryl methyl sites for hydroxylation is 1. The minimum absolute atomic E-state index is 0.0340. The fourth-order valence-electron chi connectivity index (χ4n) is 1.78. The molecule has 2 aromatic rings. The largest absolute Gasteiger partial charge is 0.409 e. The van der Waals surface area contributed by atoms with Crippen LogP contribution in [-0.4, -0.2) is 22.1 Å². The highest BCUT2D eigenvalue weighted by molar-refractivity contribution is 5.97. The fraction of sp³-hybridized carbons (Fsp3) is 0.214. The van der Waals surface area contributed by atoms with Crippen molar-refractivity contribution in [1.82, 2.24) is 10.5 Å². The van der Waals surface area contributed by atoms with Gasteiger partial charge in [0.15, 0.2) is 11.6 Å². The van der Waals surface area contributed by atoms with Gasteiger partial charge in [-0.25, -0.2) is 0 Å². The number of benzene rings is 1. The van der Waals surface area contributed by atoms with E-state index in [2.05, 4.69) is 15.6 Å². The molecule has 1 aromatic carbocycles. The van der Waals surface area contributed by atoms with Crippen molar-refractivity contribution in [3.63, 3.8) is 0 Å². The Labute approximate surface area is 121 Å². The molecule has 0 aliphatic rings. The molecule has 1 amide bonds. The van der Waals surface area contributed by atoms with E-state index in [-0.39, 0.29) is 18.2 Å². The lowest BCUT2D eigenvalue weighted by Gasteiger charge is -2.04. The van der Waals surface area contributed by atoms with E-state index in [4.69, 9.17) is 15.5 Å². The normalized spacial score (nSPS) is 11.4. The molecule has 110 valence electrons. The standard InChI is InChI=1S/C14H16N4O3/c1-9-6-12(21-18-9)8-16-13(19)7-10-2-4-11(5-3-10)14(15)17-20/h2-6,20H,7-8H2,1H3,(H2,15,17)(H,16,19). The van der Waals surface area contributed by atoms with Crippen LogP contribution >= 0.6 is 0 Å². The summed E-state index contributed by atoms with van der Waals surface area (Å²) < 4.78 is 5.00. The first-order valence-corrected chi connectivity index (χ1v) is 6.34. The Kier molecular flexibility index (Phi) is 4.55. The molecule has 4 N–H and O–H groups in total. The quantitative estimate of drug-likeness (QED) is 0.328. The minimum atomic E-state index is -0.124. The Hall–Kier alpha value is -2.83. The molecule has 0 saturated heterocycles. The summed E-state index contributed by atoms with van der Waals surface area (Å²) >= 11 is 0. The van der Waals surface area contributed by atoms with Crippen LogP contribution in [0.1, 0.15) is 22.6 Å². The van der Waals surface area contributed by atoms with Gasteiger partial charge in [-0.3, -0.25) is 4.79 Å². The van der Waals surface area contributed by atoms with Crippen molar-refractivity contribution in [3.8, 4) is 0 Å². The topological polar surface area (TPSA) is 114 Å². The maximum atomic E-state index is 11.8. The molecule has 0 fully saturated rings. The second-order valence-electron chi connectivity index (χ2n) is 4.57. The number of nitrogens with zero attached hydrogens (tertiary/aromatic N) is 2. The van der Waals surface area contributed by atoms with Gasteiger partial charge in [-0.15, -0.1) is 0 Å². The molecule has 0 radical (unpaired) electrons. The Morgan fingerprint density at radius 1 is 1.43 bits per heavy atom. The predicted octanol–water partition coefficient (Wildman–Crippen LogP) is 0.936. The number of rotatable bonds is 5. The molecule has 1 aromatic heterocycles. The van der Waals surface area contributed by atoms with E-state index in [9.17, 15) is 4.79 Å². The number of oxime groups is 1. The minimum Gasteiger partial charge on any atom is -0.409 e. The van der Waals surface area contributed by atoms with E-state index >= 15 is 0 Å². The van der Waals surface area contributed by atoms with E-state index in [0.29, 0.717) is 17.9 Å². The zero-order chi connectivity index (χ0) is 15.2. The second-order valence-corrected chi connectivity index (χ2v) is 4.57. The molecule has 0 spiro atoms. The van der Waals surface area contributed by atoms with E-state index in [0.717, 1.165) is 11.3 Å². The summed E-state index contributed by atoms with van der Waals surface area (Å²) in [7, 11) is 0. The summed E-state index contributed by atoms with van der Waals surface area (Å²) in [4.78, 5) is 11.8. The lowest BCUT2D eigenvalue weighted by Crippen LogP contribution is -2.24. The van der Waals surface area contributed by atoms with E-state index in [1.165, 1.54) is 0 Å². The van der Waals surface area contributed by atoms with Crippen LogP contribution in [0.15, 0.2) is 40.0 Å². The maximum absolute atomic E-state index is 11.8. The van der Waals surface area contributed by atoms with Crippen molar-refractivity contribution in [2.45, 2.75) is 19.9 Å². The molecule has 0 aliphatic heterocycles. The lowest BCUT2D eigenvalue weighted by atomic mass is 10.1. The molecule has 21 heavy (non-hydrogen) atoms. The second kappa shape index (κ2) is 6.56. The molecule has 0 unspecified atom stereocenters. The molecule has 2 rings (SSSR count). The van der Waals surface area contributed by atoms with Crippen molar-refractivity contribution in [1.29, 1.82) is 0 Å². The van der Waals surface area contributed by atoms with Crippen LogP contribution in [0.2, 0.25) is 0 Å². The molecule has 7 heteroatoms. The third-order valence-corrected chi connectivity index (χ3v) is 2.86. The number of hydrogen-bond donors (Lipinski definition) is 3. The number of carbonyl (C=O) groups excluding carboxylic acids is 1. The molecule has 0 atom stereocenters. The van der Waals surface area contributed by atoms with Gasteiger partial charge in [0.25, 0.3) is 0 Å². The Bertz CT molecular complexity index is 646. The summed E-state index contributed by atoms with van der Waals surface area (Å²) in [6.45, 7) is 2.12. The summed E-state index contributed by atoms with van der Waals surface area (Å²) in [5.41, 5.74) is 7.67. The first kappa shape index (κ1) is 14.6. The number of nitrogens with two attached hydrogens (primary N) is 1. The van der Waals surface area contributed by atoms with Crippen LogP contribution in [0.3, 0.4) is 0 Å². The number of aromatic nitrogens is 1. The zero-order valence-electron chi connectivity index (χ0n) is 11.5. The van der Waals surface area contributed by atoms with Crippen LogP contribution in [-0.2, 0) is 17.8 Å². The average molecular weight is 288 g/mol. The molecular weight excluding hydrogens is 272 g/mol. The third kappa shape index (κ3) is 4.07. The number of nitrogens with one attached hydrogen (secondary N) is 1. The Balaban J connectivity index is 1.87. The van der Waals surface area contributed by atoms with Crippen LogP contribution in [0.4, 0.5) is 0 Å². The van der Waals surface area contributed by atoms with Crippen molar-refractivity contribution in [2.75, 3.05) is 0 Å². The molecule has 0 saturated carbocycles. The van der Waals surface area contributed by atoms with Gasteiger partial charge in [0.1, 0.15) is 0 Å². The van der Waals surface area contributed by atoms with Crippen LogP contribution < -0.4 is 11.1 Å². The molecular formula is C14H16N4O3. The van der Waals surface area contributed by atoms with Crippen molar-refractivity contribution >= 4 is 11.7 Å². The van der Waals surface area contributed by atoms with Gasteiger partial charge in [-0.2, -0.15) is 0 Å². The van der Waals surface area contributed by atoms with E-state index in [1.54, 1.807) is 30.3 Å². The molecule has 7 nitrogen and oxygen atoms in total. The van der Waals surface area contributed by atoms with Gasteiger partial charge in [-0.05, 0) is 12.5 Å². The van der Waals surface area contributed by atoms with Gasteiger partial charge < -0.3 is 20.8 Å². The highest BCUT2D eigenvalue weighted by Crippen LogP contribution is 2.06. The Morgan fingerprint density at radius 2 is 2.14 bits per heavy atom. The average Bonchev–Trinajstić information content (AvgIpc) is 2.91. The maximum Gasteiger partial charge on any atom is 0.224 e. The van der Waals surface area contributed by atoms with Crippen molar-refractivity contribution in [3.05, 3.63) is 52.9 Å². The van der Waals surface area contributed by atoms with Crippen molar-refractivity contribution in [2.24, 2.45) is 10.9 Å². The molecule has 1 heterocycles. The number of amidine groups is 1. The lowest BCUT2D eigenvalue weighted by molar-refractivity contribution is -0.120. The summed E-state index contributed by atoms with van der Waals surface area (Å²) in [6, 6.07) is 8.66. The molecule has 0 aliphatic carbocycles. The monoisotopic (exact) mass is 288 g/mol. The number of carbonyl (C=O) groups is 1. The van der Waals surface area contributed by atoms with Gasteiger partial charge in [0.2, 0.25) is 5.91 Å². The van der Waals surface area contributed by atoms with Crippen molar-refractivity contribution < 1.29 is 14.5 Å². The smallest absolute Gasteiger partial charge is 0.224 e. The molecule has 0 bridgehead atoms. The fourth-order valence-corrected chi connectivity index (χ4v) is 1.78. The zero-order valence-corrected chi connectivity index (χ0v) is 11.5. The first-order valence-electron chi connectivity index (χ1n) is 6.34. The van der Waals surface area contributed by atoms with Crippen LogP contribution in [0.25, 0.3) is 0 Å². The van der Waals surface area contributed by atoms with Crippen LogP contribution in [0, 0.1) is 6.92 Å². The highest BCUT2D eigenvalue weighted by atomic mass is 16.5. The SMILES string of the molecule is Cc1cc(CNC(=O)Cc2ccc(C(N)=NO)cc2)on1. The van der Waals surface area contributed by atoms with E-state index < -0.39 is 0 Å². The van der Waals surface area contributed by atoms with Crippen LogP contribution in [0.5, 0.6) is 0 Å². The van der Waals surface area contributed by atoms with Gasteiger partial charge in [0.05, 0.1) is 18.7 Å². The van der Waals surface area contributed by atoms with Gasteiger partial charge in [-0.1, -0.05) is 34.6 Å². The van der Waals surface area contributed by atoms with Gasteiger partial charge in [0, 0.05) is 11.6 Å². The first-order chi connectivity index (χ1) is 10.1. The number of amides is 1. The highest BCUT2D eigenvalue weighted by Gasteiger charge is 2.06. The van der Waals surface area contributed by atoms with E-state index in [1.807, 2.05) is 6.92 Å². The summed E-state index contributed by atoms with van der Waals surface area (Å²) in [5.74, 6) is 0.524. The third-order valence-electron chi connectivity index (χ3n) is 2.86. The number of hydrogen-bond acceptors (Lipinski definition) is 5. The summed E-state index contributed by atoms with van der Waals surface area (Å²) in [5, 5.41) is 18.0.